The van der Waals surface area contributed by atoms with Crippen molar-refractivity contribution in [2.75, 3.05) is 7.05 Å². The van der Waals surface area contributed by atoms with Gasteiger partial charge in [0.2, 0.25) is 15.0 Å². The van der Waals surface area contributed by atoms with Crippen LogP contribution in [0.15, 0.2) is 59.2 Å². The van der Waals surface area contributed by atoms with Crippen LogP contribution in [0.4, 0.5) is 0 Å². The predicted molar refractivity (Wildman–Crippen MR) is 114 cm³/mol. The minimum atomic E-state index is -3.52. The highest BCUT2D eigenvalue weighted by atomic mass is 32.2. The molecule has 0 bridgehead atoms. The summed E-state index contributed by atoms with van der Waals surface area (Å²) in [6.45, 7) is 6.29. The number of imidazole rings is 1. The molecule has 0 saturated carbocycles. The summed E-state index contributed by atoms with van der Waals surface area (Å²) in [4.78, 5) is 7.81. The maximum absolute atomic E-state index is 13.1. The van der Waals surface area contributed by atoms with Gasteiger partial charge >= 0.3 is 0 Å². The Morgan fingerprint density at radius 1 is 1.11 bits per heavy atom. The van der Waals surface area contributed by atoms with Gasteiger partial charge in [0.15, 0.2) is 0 Å². The number of aromatic nitrogens is 2. The molecule has 7 heteroatoms. The lowest BCUT2D eigenvalue weighted by molar-refractivity contribution is 0.307. The number of sulfone groups is 1. The first kappa shape index (κ1) is 20.8. The molecule has 0 aliphatic carbocycles. The van der Waals surface area contributed by atoms with Crippen molar-refractivity contribution in [1.29, 1.82) is 0 Å². The van der Waals surface area contributed by atoms with Crippen LogP contribution >= 0.6 is 11.3 Å². The molecule has 1 aromatic carbocycles. The molecule has 0 amide bonds. The Bertz CT molecular complexity index is 978. The predicted octanol–water partition coefficient (Wildman–Crippen LogP) is 4.21. The van der Waals surface area contributed by atoms with Gasteiger partial charge in [-0.15, -0.1) is 11.3 Å². The van der Waals surface area contributed by atoms with Gasteiger partial charge in [0.05, 0.1) is 17.6 Å². The van der Waals surface area contributed by atoms with Crippen molar-refractivity contribution in [3.8, 4) is 0 Å². The Hall–Kier alpha value is -1.96. The molecule has 0 unspecified atom stereocenters. The van der Waals surface area contributed by atoms with E-state index in [1.807, 2.05) is 48.0 Å². The Morgan fingerprint density at radius 3 is 2.50 bits per heavy atom. The third-order valence-corrected chi connectivity index (χ3v) is 6.82. The number of rotatable bonds is 9. The van der Waals surface area contributed by atoms with Gasteiger partial charge in [-0.1, -0.05) is 50.2 Å². The molecular weight excluding hydrogens is 390 g/mol. The van der Waals surface area contributed by atoms with Gasteiger partial charge in [-0.2, -0.15) is 0 Å². The van der Waals surface area contributed by atoms with Crippen LogP contribution in [0.5, 0.6) is 0 Å². The Kier molecular flexibility index (Phi) is 6.69. The zero-order valence-corrected chi connectivity index (χ0v) is 18.2. The van der Waals surface area contributed by atoms with E-state index in [0.717, 1.165) is 17.8 Å². The molecule has 3 rings (SSSR count). The maximum atomic E-state index is 13.1. The third kappa shape index (κ3) is 5.31. The van der Waals surface area contributed by atoms with Crippen molar-refractivity contribution in [2.24, 2.45) is 5.92 Å². The summed E-state index contributed by atoms with van der Waals surface area (Å²) in [7, 11) is -1.47. The quantitative estimate of drug-likeness (QED) is 0.523. The van der Waals surface area contributed by atoms with Crippen LogP contribution in [0.2, 0.25) is 0 Å². The second-order valence-corrected chi connectivity index (χ2v) is 10.4. The molecule has 0 aliphatic rings. The van der Waals surface area contributed by atoms with Crippen LogP contribution in [0.1, 0.15) is 30.0 Å². The molecule has 0 fully saturated rings. The number of benzene rings is 1. The first-order chi connectivity index (χ1) is 13.3. The van der Waals surface area contributed by atoms with E-state index in [9.17, 15) is 8.42 Å². The van der Waals surface area contributed by atoms with Crippen LogP contribution in [-0.4, -0.2) is 29.9 Å². The van der Waals surface area contributed by atoms with Crippen LogP contribution in [0.25, 0.3) is 0 Å². The van der Waals surface area contributed by atoms with E-state index >= 15 is 0 Å². The highest BCUT2D eigenvalue weighted by Gasteiger charge is 2.24. The highest BCUT2D eigenvalue weighted by Crippen LogP contribution is 2.21. The largest absolute Gasteiger partial charge is 0.317 e. The van der Waals surface area contributed by atoms with Crippen LogP contribution in [0, 0.1) is 5.92 Å². The van der Waals surface area contributed by atoms with E-state index in [4.69, 9.17) is 0 Å². The van der Waals surface area contributed by atoms with Crippen molar-refractivity contribution >= 4 is 21.2 Å². The summed E-state index contributed by atoms with van der Waals surface area (Å²) in [5.41, 5.74) is 1.71. The lowest BCUT2D eigenvalue weighted by atomic mass is 10.2. The van der Waals surface area contributed by atoms with E-state index < -0.39 is 9.84 Å². The van der Waals surface area contributed by atoms with Crippen LogP contribution in [-0.2, 0) is 35.2 Å². The summed E-state index contributed by atoms with van der Waals surface area (Å²) in [6.07, 6.45) is 1.71. The minimum absolute atomic E-state index is 0.0343. The highest BCUT2D eigenvalue weighted by molar-refractivity contribution is 7.90. The van der Waals surface area contributed by atoms with E-state index in [1.54, 1.807) is 17.5 Å². The van der Waals surface area contributed by atoms with Gasteiger partial charge in [0, 0.05) is 24.5 Å². The van der Waals surface area contributed by atoms with Crippen molar-refractivity contribution in [3.63, 3.8) is 0 Å². The number of nitrogens with zero attached hydrogens (tertiary/aromatic N) is 3. The maximum Gasteiger partial charge on any atom is 0.228 e. The monoisotopic (exact) mass is 417 g/mol. The summed E-state index contributed by atoms with van der Waals surface area (Å²) in [5, 5.41) is 2.24. The number of thiophene rings is 1. The summed E-state index contributed by atoms with van der Waals surface area (Å²) < 4.78 is 28.0. The van der Waals surface area contributed by atoms with E-state index in [-0.39, 0.29) is 10.9 Å². The molecule has 5 nitrogen and oxygen atoms in total. The Labute approximate surface area is 171 Å². The molecule has 2 heterocycles. The fourth-order valence-corrected chi connectivity index (χ4v) is 5.47. The summed E-state index contributed by atoms with van der Waals surface area (Å²) >= 11 is 1.73. The zero-order chi connectivity index (χ0) is 20.1. The minimum Gasteiger partial charge on any atom is -0.317 e. The van der Waals surface area contributed by atoms with E-state index in [0.29, 0.717) is 19.0 Å². The SMILES string of the molecule is CC(C)Cn1c(CN(C)Cc2cccs2)cnc1S(=O)(=O)Cc1ccccc1. The van der Waals surface area contributed by atoms with Gasteiger partial charge in [-0.3, -0.25) is 4.90 Å². The molecule has 3 aromatic rings. The van der Waals surface area contributed by atoms with Crippen LogP contribution < -0.4 is 0 Å². The molecule has 28 heavy (non-hydrogen) atoms. The van der Waals surface area contributed by atoms with Crippen molar-refractivity contribution < 1.29 is 8.42 Å². The Morgan fingerprint density at radius 2 is 1.86 bits per heavy atom. The second kappa shape index (κ2) is 9.03. The summed E-state index contributed by atoms with van der Waals surface area (Å²) in [6, 6.07) is 13.4. The smallest absolute Gasteiger partial charge is 0.228 e. The van der Waals surface area contributed by atoms with Gasteiger partial charge < -0.3 is 4.57 Å². The first-order valence-corrected chi connectivity index (χ1v) is 11.9. The van der Waals surface area contributed by atoms with Crippen molar-refractivity contribution in [1.82, 2.24) is 14.5 Å². The zero-order valence-electron chi connectivity index (χ0n) is 16.6. The molecule has 0 N–H and O–H groups in total. The molecule has 2 aromatic heterocycles. The molecule has 0 atom stereocenters. The van der Waals surface area contributed by atoms with Gasteiger partial charge in [-0.05, 0) is 30.0 Å². The molecule has 0 saturated heterocycles. The average Bonchev–Trinajstić information content (AvgIpc) is 3.26. The number of hydrogen-bond donors (Lipinski definition) is 0. The lowest BCUT2D eigenvalue weighted by Crippen LogP contribution is -2.22. The Balaban J connectivity index is 1.85. The topological polar surface area (TPSA) is 55.2 Å². The fourth-order valence-electron chi connectivity index (χ4n) is 3.19. The van der Waals surface area contributed by atoms with Crippen LogP contribution in [0.3, 0.4) is 0 Å². The van der Waals surface area contributed by atoms with Gasteiger partial charge in [0.25, 0.3) is 0 Å². The molecule has 0 spiro atoms. The average molecular weight is 418 g/mol. The lowest BCUT2D eigenvalue weighted by Gasteiger charge is -2.19. The second-order valence-electron chi connectivity index (χ2n) is 7.53. The third-order valence-electron chi connectivity index (χ3n) is 4.36. The van der Waals surface area contributed by atoms with E-state index in [2.05, 4.69) is 35.2 Å². The molecule has 0 radical (unpaired) electrons. The van der Waals surface area contributed by atoms with E-state index in [1.165, 1.54) is 4.88 Å². The molecule has 0 aliphatic heterocycles. The van der Waals surface area contributed by atoms with Crippen molar-refractivity contribution in [2.45, 2.75) is 44.4 Å². The van der Waals surface area contributed by atoms with Gasteiger partial charge in [-0.25, -0.2) is 13.4 Å². The fraction of sp³-hybridized carbons (Fsp3) is 0.381. The normalized spacial score (nSPS) is 12.2. The first-order valence-electron chi connectivity index (χ1n) is 9.37. The number of hydrogen-bond acceptors (Lipinski definition) is 5. The summed E-state index contributed by atoms with van der Waals surface area (Å²) in [5.74, 6) is 0.286. The van der Waals surface area contributed by atoms with Gasteiger partial charge in [0.1, 0.15) is 0 Å². The molecular formula is C21H27N3O2S2. The standard InChI is InChI=1S/C21H27N3O2S2/c1-17(2)13-24-19(14-23(3)15-20-10-7-11-27-20)12-22-21(24)28(25,26)16-18-8-5-4-6-9-18/h4-12,17H,13-16H2,1-3H3. The molecule has 150 valence electrons. The van der Waals surface area contributed by atoms with Crippen molar-refractivity contribution in [3.05, 3.63) is 70.2 Å².